The van der Waals surface area contributed by atoms with Crippen LogP contribution in [0.4, 0.5) is 10.1 Å². The highest BCUT2D eigenvalue weighted by molar-refractivity contribution is 5.81. The van der Waals surface area contributed by atoms with Crippen LogP contribution in [0.1, 0.15) is 40.0 Å². The number of benzene rings is 1. The van der Waals surface area contributed by atoms with Crippen LogP contribution in [0, 0.1) is 17.7 Å². The summed E-state index contributed by atoms with van der Waals surface area (Å²) in [5.41, 5.74) is 1.05. The first kappa shape index (κ1) is 19.2. The summed E-state index contributed by atoms with van der Waals surface area (Å²) in [6.45, 7) is 9.99. The molecule has 1 heterocycles. The largest absolute Gasteiger partial charge is 0.369 e. The van der Waals surface area contributed by atoms with Gasteiger partial charge in [-0.05, 0) is 49.4 Å². The fourth-order valence-corrected chi connectivity index (χ4v) is 4.27. The van der Waals surface area contributed by atoms with Crippen molar-refractivity contribution in [1.82, 2.24) is 10.2 Å². The Labute approximate surface area is 156 Å². The van der Waals surface area contributed by atoms with Crippen molar-refractivity contribution >= 4 is 11.6 Å². The van der Waals surface area contributed by atoms with Crippen molar-refractivity contribution in [3.8, 4) is 0 Å². The summed E-state index contributed by atoms with van der Waals surface area (Å²) in [5, 5.41) is 3.31. The van der Waals surface area contributed by atoms with Gasteiger partial charge >= 0.3 is 0 Å². The smallest absolute Gasteiger partial charge is 0.237 e. The molecule has 0 aromatic heterocycles. The molecule has 26 heavy (non-hydrogen) atoms. The zero-order valence-corrected chi connectivity index (χ0v) is 16.2. The lowest BCUT2D eigenvalue weighted by Gasteiger charge is -2.40. The van der Waals surface area contributed by atoms with Gasteiger partial charge in [-0.1, -0.05) is 26.7 Å². The first-order valence-electron chi connectivity index (χ1n) is 10.0. The summed E-state index contributed by atoms with van der Waals surface area (Å²) in [6, 6.07) is 6.87. The second-order valence-corrected chi connectivity index (χ2v) is 8.06. The highest BCUT2D eigenvalue weighted by atomic mass is 19.1. The van der Waals surface area contributed by atoms with Gasteiger partial charge in [-0.25, -0.2) is 4.39 Å². The van der Waals surface area contributed by atoms with Gasteiger partial charge < -0.3 is 10.2 Å². The molecule has 5 heteroatoms. The van der Waals surface area contributed by atoms with Crippen LogP contribution in [0.15, 0.2) is 24.3 Å². The van der Waals surface area contributed by atoms with E-state index >= 15 is 0 Å². The molecule has 3 rings (SSSR count). The van der Waals surface area contributed by atoms with E-state index in [1.54, 1.807) is 0 Å². The van der Waals surface area contributed by atoms with Gasteiger partial charge in [0.1, 0.15) is 5.82 Å². The monoisotopic (exact) mass is 361 g/mol. The van der Waals surface area contributed by atoms with E-state index in [0.29, 0.717) is 17.9 Å². The van der Waals surface area contributed by atoms with Gasteiger partial charge in [-0.3, -0.25) is 9.69 Å². The number of nitrogens with zero attached hydrogens (tertiary/aromatic N) is 2. The second kappa shape index (κ2) is 8.38. The molecule has 0 unspecified atom stereocenters. The number of anilines is 1. The maximum atomic E-state index is 13.1. The molecule has 1 aromatic rings. The zero-order chi connectivity index (χ0) is 18.7. The van der Waals surface area contributed by atoms with Gasteiger partial charge in [0.25, 0.3) is 0 Å². The number of amides is 1. The van der Waals surface area contributed by atoms with Gasteiger partial charge in [0.2, 0.25) is 5.91 Å². The van der Waals surface area contributed by atoms with Crippen LogP contribution in [0.2, 0.25) is 0 Å². The number of halogens is 1. The van der Waals surface area contributed by atoms with Gasteiger partial charge in [-0.15, -0.1) is 0 Å². The second-order valence-electron chi connectivity index (χ2n) is 8.06. The molecule has 1 amide bonds. The van der Waals surface area contributed by atoms with Crippen LogP contribution < -0.4 is 10.2 Å². The van der Waals surface area contributed by atoms with Crippen LogP contribution in [0.25, 0.3) is 0 Å². The number of nitrogens with one attached hydrogen (secondary N) is 1. The Morgan fingerprint density at radius 2 is 1.77 bits per heavy atom. The Morgan fingerprint density at radius 3 is 2.42 bits per heavy atom. The van der Waals surface area contributed by atoms with E-state index in [2.05, 4.69) is 29.0 Å². The van der Waals surface area contributed by atoms with E-state index in [0.717, 1.165) is 38.3 Å². The average Bonchev–Trinajstić information content (AvgIpc) is 2.65. The molecule has 1 aliphatic carbocycles. The van der Waals surface area contributed by atoms with E-state index < -0.39 is 0 Å². The van der Waals surface area contributed by atoms with Crippen LogP contribution in [0.3, 0.4) is 0 Å². The third-order valence-electron chi connectivity index (χ3n) is 6.47. The van der Waals surface area contributed by atoms with Crippen molar-refractivity contribution in [3.63, 3.8) is 0 Å². The number of hydrogen-bond donors (Lipinski definition) is 1. The zero-order valence-electron chi connectivity index (χ0n) is 16.2. The van der Waals surface area contributed by atoms with Gasteiger partial charge in [-0.2, -0.15) is 0 Å². The number of carbonyl (C=O) groups is 1. The summed E-state index contributed by atoms with van der Waals surface area (Å²) >= 11 is 0. The van der Waals surface area contributed by atoms with Gasteiger partial charge in [0, 0.05) is 37.9 Å². The normalized spacial score (nSPS) is 28.6. The summed E-state index contributed by atoms with van der Waals surface area (Å²) in [5.74, 6) is 1.19. The van der Waals surface area contributed by atoms with E-state index in [4.69, 9.17) is 0 Å². The fourth-order valence-electron chi connectivity index (χ4n) is 4.27. The minimum absolute atomic E-state index is 0.102. The van der Waals surface area contributed by atoms with Crippen LogP contribution >= 0.6 is 0 Å². The van der Waals surface area contributed by atoms with E-state index in [1.807, 2.05) is 19.1 Å². The number of rotatable bonds is 4. The first-order valence-corrected chi connectivity index (χ1v) is 10.0. The number of carbonyl (C=O) groups excluding carboxylic acids is 1. The topological polar surface area (TPSA) is 35.6 Å². The predicted octanol–water partition coefficient (Wildman–Crippen LogP) is 3.28. The molecular weight excluding hydrogens is 329 g/mol. The Kier molecular flexibility index (Phi) is 6.17. The lowest BCUT2D eigenvalue weighted by molar-refractivity contribution is -0.127. The maximum absolute atomic E-state index is 13.1. The molecule has 1 aromatic carbocycles. The first-order chi connectivity index (χ1) is 12.5. The molecule has 144 valence electrons. The minimum atomic E-state index is -0.205. The molecule has 0 bridgehead atoms. The lowest BCUT2D eigenvalue weighted by atomic mass is 9.78. The fraction of sp³-hybridized carbons (Fsp3) is 0.667. The molecule has 1 N–H and O–H groups in total. The summed E-state index contributed by atoms with van der Waals surface area (Å²) < 4.78 is 13.1. The van der Waals surface area contributed by atoms with Crippen molar-refractivity contribution < 1.29 is 9.18 Å². The van der Waals surface area contributed by atoms with Gasteiger partial charge in [0.15, 0.2) is 0 Å². The van der Waals surface area contributed by atoms with Crippen molar-refractivity contribution in [2.75, 3.05) is 31.1 Å². The average molecular weight is 362 g/mol. The van der Waals surface area contributed by atoms with Crippen molar-refractivity contribution in [1.29, 1.82) is 0 Å². The van der Waals surface area contributed by atoms with Crippen LogP contribution in [-0.4, -0.2) is 49.1 Å². The molecule has 4 nitrogen and oxygen atoms in total. The van der Waals surface area contributed by atoms with Crippen molar-refractivity contribution in [2.45, 2.75) is 52.1 Å². The molecule has 2 fully saturated rings. The highest BCUT2D eigenvalue weighted by Gasteiger charge is 2.31. The Morgan fingerprint density at radius 1 is 1.12 bits per heavy atom. The van der Waals surface area contributed by atoms with Crippen molar-refractivity contribution in [3.05, 3.63) is 30.1 Å². The van der Waals surface area contributed by atoms with E-state index in [1.165, 1.54) is 25.0 Å². The number of hydrogen-bond acceptors (Lipinski definition) is 3. The summed E-state index contributed by atoms with van der Waals surface area (Å²) in [6.07, 6.45) is 3.58. The highest BCUT2D eigenvalue weighted by Crippen LogP contribution is 2.29. The maximum Gasteiger partial charge on any atom is 0.237 e. The van der Waals surface area contributed by atoms with Crippen molar-refractivity contribution in [2.24, 2.45) is 11.8 Å². The molecule has 0 spiro atoms. The molecule has 1 saturated heterocycles. The Balaban J connectivity index is 1.50. The minimum Gasteiger partial charge on any atom is -0.369 e. The van der Waals surface area contributed by atoms with Crippen LogP contribution in [-0.2, 0) is 4.79 Å². The molecule has 1 saturated carbocycles. The molecule has 0 radical (unpaired) electrons. The molecular formula is C21H32FN3O. The Bertz CT molecular complexity index is 598. The SMILES string of the molecule is C[C@@H]1[C@H](C)CCC[C@@H]1NC(=O)[C@@H](C)N1CCN(c2ccc(F)cc2)CC1. The molecule has 1 aliphatic heterocycles. The quantitative estimate of drug-likeness (QED) is 0.894. The van der Waals surface area contributed by atoms with E-state index in [-0.39, 0.29) is 17.8 Å². The Hall–Kier alpha value is -1.62. The van der Waals surface area contributed by atoms with E-state index in [9.17, 15) is 9.18 Å². The predicted molar refractivity (Wildman–Crippen MR) is 104 cm³/mol. The number of piperazine rings is 1. The standard InChI is InChI=1S/C21H32FN3O/c1-15-5-4-6-20(16(15)2)23-21(26)17(3)24-11-13-25(14-12-24)19-9-7-18(22)8-10-19/h7-10,15-17,20H,4-6,11-14H2,1-3H3,(H,23,26)/t15-,16-,17-,20+/m1/s1. The third-order valence-corrected chi connectivity index (χ3v) is 6.47. The molecule has 2 aliphatic rings. The third kappa shape index (κ3) is 4.37. The summed E-state index contributed by atoms with van der Waals surface area (Å²) in [7, 11) is 0. The van der Waals surface area contributed by atoms with Crippen LogP contribution in [0.5, 0.6) is 0 Å². The van der Waals surface area contributed by atoms with Gasteiger partial charge in [0.05, 0.1) is 6.04 Å². The lowest BCUT2D eigenvalue weighted by Crippen LogP contribution is -2.56. The molecule has 4 atom stereocenters. The summed E-state index contributed by atoms with van der Waals surface area (Å²) in [4.78, 5) is 17.3.